The van der Waals surface area contributed by atoms with E-state index in [4.69, 9.17) is 4.74 Å². The number of ether oxygens (including phenoxy) is 1. The molecule has 0 aliphatic carbocycles. The molecule has 2 amide bonds. The molecular formula is C26H35N3O3. The first-order chi connectivity index (χ1) is 15.7. The number of hydrogen-bond donors (Lipinski definition) is 1. The topological polar surface area (TPSA) is 61.9 Å². The number of nitrogens with zero attached hydrogens (tertiary/aromatic N) is 2. The van der Waals surface area contributed by atoms with Gasteiger partial charge in [-0.3, -0.25) is 14.5 Å². The minimum absolute atomic E-state index is 0.0145. The van der Waals surface area contributed by atoms with Crippen molar-refractivity contribution in [2.45, 2.75) is 38.8 Å². The van der Waals surface area contributed by atoms with Crippen LogP contribution in [0.3, 0.4) is 0 Å². The van der Waals surface area contributed by atoms with Crippen LogP contribution < -0.4 is 5.32 Å². The second kappa shape index (κ2) is 13.0. The highest BCUT2D eigenvalue weighted by molar-refractivity contribution is 5.88. The lowest BCUT2D eigenvalue weighted by Gasteiger charge is -2.32. The van der Waals surface area contributed by atoms with Crippen molar-refractivity contribution in [2.24, 2.45) is 0 Å². The Morgan fingerprint density at radius 2 is 1.62 bits per heavy atom. The highest BCUT2D eigenvalue weighted by Gasteiger charge is 2.29. The van der Waals surface area contributed by atoms with E-state index in [1.54, 1.807) is 4.90 Å². The Kier molecular flexibility index (Phi) is 9.72. The van der Waals surface area contributed by atoms with Crippen molar-refractivity contribution in [3.8, 4) is 0 Å². The smallest absolute Gasteiger partial charge is 0.243 e. The standard InChI is InChI=1S/C26H35N3O3/c1-2-9-25(30)29(21-23-12-7-4-8-13-23)24(20-22-10-5-3-6-11-22)26(31)27-14-15-28-16-18-32-19-17-28/h3-8,10-13,24H,2,9,14-21H2,1H3,(H,27,31)/t24-/m1/s1. The van der Waals surface area contributed by atoms with Gasteiger partial charge in [-0.1, -0.05) is 67.6 Å². The van der Waals surface area contributed by atoms with Crippen LogP contribution in [0.25, 0.3) is 0 Å². The molecule has 0 bridgehead atoms. The van der Waals surface area contributed by atoms with Crippen molar-refractivity contribution < 1.29 is 14.3 Å². The number of nitrogens with one attached hydrogen (secondary N) is 1. The molecule has 172 valence electrons. The van der Waals surface area contributed by atoms with E-state index in [0.29, 0.717) is 25.9 Å². The Balaban J connectivity index is 1.75. The zero-order valence-electron chi connectivity index (χ0n) is 19.0. The largest absolute Gasteiger partial charge is 0.379 e. The fraction of sp³-hybridized carbons (Fsp3) is 0.462. The Bertz CT molecular complexity index is 823. The molecule has 1 heterocycles. The van der Waals surface area contributed by atoms with Crippen molar-refractivity contribution in [1.29, 1.82) is 0 Å². The predicted molar refractivity (Wildman–Crippen MR) is 126 cm³/mol. The number of hydrogen-bond acceptors (Lipinski definition) is 4. The summed E-state index contributed by atoms with van der Waals surface area (Å²) in [5, 5.41) is 3.10. The third-order valence-electron chi connectivity index (χ3n) is 5.76. The molecule has 1 N–H and O–H groups in total. The van der Waals surface area contributed by atoms with Gasteiger partial charge in [-0.2, -0.15) is 0 Å². The number of amides is 2. The molecule has 2 aromatic rings. The van der Waals surface area contributed by atoms with Gasteiger partial charge in [-0.15, -0.1) is 0 Å². The average molecular weight is 438 g/mol. The minimum Gasteiger partial charge on any atom is -0.379 e. The molecule has 2 aromatic carbocycles. The van der Waals surface area contributed by atoms with E-state index in [1.165, 1.54) is 0 Å². The molecule has 6 nitrogen and oxygen atoms in total. The normalized spacial score (nSPS) is 15.2. The molecule has 0 aromatic heterocycles. The van der Waals surface area contributed by atoms with Crippen LogP contribution in [0.4, 0.5) is 0 Å². The first kappa shape index (κ1) is 24.0. The molecule has 0 spiro atoms. The molecule has 1 saturated heterocycles. The summed E-state index contributed by atoms with van der Waals surface area (Å²) in [4.78, 5) is 30.6. The molecular weight excluding hydrogens is 402 g/mol. The van der Waals surface area contributed by atoms with Gasteiger partial charge >= 0.3 is 0 Å². The zero-order valence-corrected chi connectivity index (χ0v) is 19.0. The van der Waals surface area contributed by atoms with Crippen molar-refractivity contribution in [3.05, 3.63) is 71.8 Å². The quantitative estimate of drug-likeness (QED) is 0.587. The lowest BCUT2D eigenvalue weighted by atomic mass is 10.0. The molecule has 1 aliphatic heterocycles. The van der Waals surface area contributed by atoms with E-state index in [1.807, 2.05) is 67.6 Å². The summed E-state index contributed by atoms with van der Waals surface area (Å²) in [5.41, 5.74) is 2.07. The Labute approximate surface area is 191 Å². The van der Waals surface area contributed by atoms with Gasteiger partial charge in [-0.25, -0.2) is 0 Å². The highest BCUT2D eigenvalue weighted by atomic mass is 16.5. The van der Waals surface area contributed by atoms with Crippen LogP contribution in [0, 0.1) is 0 Å². The number of carbonyl (C=O) groups excluding carboxylic acids is 2. The number of morpholine rings is 1. The second-order valence-electron chi connectivity index (χ2n) is 8.21. The fourth-order valence-corrected chi connectivity index (χ4v) is 3.97. The molecule has 1 fully saturated rings. The predicted octanol–water partition coefficient (Wildman–Crippen LogP) is 2.88. The fourth-order valence-electron chi connectivity index (χ4n) is 3.97. The third kappa shape index (κ3) is 7.46. The summed E-state index contributed by atoms with van der Waals surface area (Å²) in [6, 6.07) is 19.3. The molecule has 32 heavy (non-hydrogen) atoms. The van der Waals surface area contributed by atoms with Gasteiger partial charge in [0.25, 0.3) is 0 Å². The van der Waals surface area contributed by atoms with Gasteiger partial charge < -0.3 is 15.0 Å². The van der Waals surface area contributed by atoms with Crippen molar-refractivity contribution in [3.63, 3.8) is 0 Å². The van der Waals surface area contributed by atoms with Crippen molar-refractivity contribution in [1.82, 2.24) is 15.1 Å². The second-order valence-corrected chi connectivity index (χ2v) is 8.21. The van der Waals surface area contributed by atoms with E-state index < -0.39 is 6.04 Å². The molecule has 1 atom stereocenters. The van der Waals surface area contributed by atoms with Crippen LogP contribution in [0.2, 0.25) is 0 Å². The summed E-state index contributed by atoms with van der Waals surface area (Å²) < 4.78 is 5.40. The van der Waals surface area contributed by atoms with Crippen LogP contribution in [0.5, 0.6) is 0 Å². The Hall–Kier alpha value is -2.70. The maximum absolute atomic E-state index is 13.4. The van der Waals surface area contributed by atoms with Crippen molar-refractivity contribution in [2.75, 3.05) is 39.4 Å². The zero-order chi connectivity index (χ0) is 22.6. The first-order valence-electron chi connectivity index (χ1n) is 11.6. The lowest BCUT2D eigenvalue weighted by molar-refractivity contribution is -0.141. The number of rotatable bonds is 11. The van der Waals surface area contributed by atoms with Gasteiger partial charge in [0, 0.05) is 45.6 Å². The van der Waals surface area contributed by atoms with E-state index in [9.17, 15) is 9.59 Å². The molecule has 0 radical (unpaired) electrons. The number of carbonyl (C=O) groups is 2. The maximum Gasteiger partial charge on any atom is 0.243 e. The van der Waals surface area contributed by atoms with Crippen LogP contribution in [-0.2, 0) is 27.3 Å². The SMILES string of the molecule is CCCC(=O)N(Cc1ccccc1)[C@H](Cc1ccccc1)C(=O)NCCN1CCOCC1. The van der Waals surface area contributed by atoms with Gasteiger partial charge in [0.1, 0.15) is 6.04 Å². The summed E-state index contributed by atoms with van der Waals surface area (Å²) in [6.45, 7) is 7.01. The van der Waals surface area contributed by atoms with Crippen LogP contribution in [0.15, 0.2) is 60.7 Å². The molecule has 1 aliphatic rings. The highest BCUT2D eigenvalue weighted by Crippen LogP contribution is 2.16. The monoisotopic (exact) mass is 437 g/mol. The molecule has 6 heteroatoms. The molecule has 3 rings (SSSR count). The van der Waals surface area contributed by atoms with E-state index in [-0.39, 0.29) is 11.8 Å². The average Bonchev–Trinajstić information content (AvgIpc) is 2.83. The van der Waals surface area contributed by atoms with Gasteiger partial charge in [0.05, 0.1) is 13.2 Å². The van der Waals surface area contributed by atoms with E-state index >= 15 is 0 Å². The van der Waals surface area contributed by atoms with E-state index in [0.717, 1.165) is 50.4 Å². The van der Waals surface area contributed by atoms with E-state index in [2.05, 4.69) is 10.2 Å². The number of benzene rings is 2. The summed E-state index contributed by atoms with van der Waals surface area (Å²) >= 11 is 0. The maximum atomic E-state index is 13.4. The van der Waals surface area contributed by atoms with Crippen LogP contribution in [-0.4, -0.2) is 67.0 Å². The van der Waals surface area contributed by atoms with Crippen LogP contribution >= 0.6 is 0 Å². The van der Waals surface area contributed by atoms with Gasteiger partial charge in [0.2, 0.25) is 11.8 Å². The molecule has 0 saturated carbocycles. The third-order valence-corrected chi connectivity index (χ3v) is 5.76. The summed E-state index contributed by atoms with van der Waals surface area (Å²) in [7, 11) is 0. The first-order valence-corrected chi connectivity index (χ1v) is 11.6. The lowest BCUT2D eigenvalue weighted by Crippen LogP contribution is -2.51. The van der Waals surface area contributed by atoms with Gasteiger partial charge in [-0.05, 0) is 17.5 Å². The Morgan fingerprint density at radius 3 is 2.25 bits per heavy atom. The summed E-state index contributed by atoms with van der Waals surface area (Å²) in [5.74, 6) is -0.0805. The van der Waals surface area contributed by atoms with Gasteiger partial charge in [0.15, 0.2) is 0 Å². The Morgan fingerprint density at radius 1 is 1.00 bits per heavy atom. The molecule has 0 unspecified atom stereocenters. The minimum atomic E-state index is -0.554. The van der Waals surface area contributed by atoms with Crippen LogP contribution in [0.1, 0.15) is 30.9 Å². The van der Waals surface area contributed by atoms with Crippen molar-refractivity contribution >= 4 is 11.8 Å². The summed E-state index contributed by atoms with van der Waals surface area (Å²) in [6.07, 6.45) is 1.67.